The predicted octanol–water partition coefficient (Wildman–Crippen LogP) is 2.89. The summed E-state index contributed by atoms with van der Waals surface area (Å²) in [5.74, 6) is 0. The molecule has 1 aromatic carbocycles. The van der Waals surface area contributed by atoms with Crippen LogP contribution in [0.5, 0.6) is 0 Å². The highest BCUT2D eigenvalue weighted by atomic mass is 16.6. The van der Waals surface area contributed by atoms with Crippen molar-refractivity contribution in [1.82, 2.24) is 9.97 Å². The van der Waals surface area contributed by atoms with Crippen LogP contribution in [0.2, 0.25) is 0 Å². The molecule has 2 aromatic heterocycles. The lowest BCUT2D eigenvalue weighted by Gasteiger charge is -2.08. The molecule has 0 aliphatic carbocycles. The second-order valence-electron chi connectivity index (χ2n) is 4.72. The van der Waals surface area contributed by atoms with Crippen LogP contribution < -0.4 is 5.73 Å². The number of aryl methyl sites for hydroxylation is 2. The van der Waals surface area contributed by atoms with E-state index in [4.69, 9.17) is 5.73 Å². The quantitative estimate of drug-likeness (QED) is 0.317. The molecule has 0 amide bonds. The minimum absolute atomic E-state index is 0.0688. The van der Waals surface area contributed by atoms with Gasteiger partial charge in [0.2, 0.25) is 0 Å². The van der Waals surface area contributed by atoms with E-state index in [9.17, 15) is 10.1 Å². The molecule has 0 saturated carbocycles. The summed E-state index contributed by atoms with van der Waals surface area (Å²) in [4.78, 5) is 19.5. The van der Waals surface area contributed by atoms with Crippen LogP contribution in [0, 0.1) is 24.0 Å². The Labute approximate surface area is 114 Å². The summed E-state index contributed by atoms with van der Waals surface area (Å²) in [6.07, 6.45) is 0. The molecular formula is C14H12N4O2. The van der Waals surface area contributed by atoms with Gasteiger partial charge in [-0.05, 0) is 26.0 Å². The van der Waals surface area contributed by atoms with E-state index in [2.05, 4.69) is 9.97 Å². The third-order valence-electron chi connectivity index (χ3n) is 3.28. The number of nitro groups is 1. The van der Waals surface area contributed by atoms with Crippen LogP contribution in [0.4, 0.5) is 11.4 Å². The summed E-state index contributed by atoms with van der Waals surface area (Å²) < 4.78 is 0. The van der Waals surface area contributed by atoms with E-state index in [0.717, 1.165) is 11.1 Å². The monoisotopic (exact) mass is 268 g/mol. The first kappa shape index (κ1) is 12.3. The van der Waals surface area contributed by atoms with Gasteiger partial charge in [-0.3, -0.25) is 15.1 Å². The summed E-state index contributed by atoms with van der Waals surface area (Å²) in [6, 6.07) is 7.37. The Kier molecular flexibility index (Phi) is 2.53. The number of anilines is 1. The molecule has 2 N–H and O–H groups in total. The van der Waals surface area contributed by atoms with Gasteiger partial charge in [-0.1, -0.05) is 12.1 Å². The van der Waals surface area contributed by atoms with Gasteiger partial charge in [-0.25, -0.2) is 4.98 Å². The molecule has 0 aliphatic heterocycles. The van der Waals surface area contributed by atoms with E-state index in [1.807, 2.05) is 31.2 Å². The average molecular weight is 268 g/mol. The average Bonchev–Trinajstić information content (AvgIpc) is 2.38. The zero-order chi connectivity index (χ0) is 14.4. The molecule has 20 heavy (non-hydrogen) atoms. The summed E-state index contributed by atoms with van der Waals surface area (Å²) in [6.45, 7) is 3.61. The molecule has 0 atom stereocenters. The van der Waals surface area contributed by atoms with E-state index in [1.165, 1.54) is 0 Å². The highest BCUT2D eigenvalue weighted by Crippen LogP contribution is 2.37. The highest BCUT2D eigenvalue weighted by molar-refractivity contribution is 6.15. The van der Waals surface area contributed by atoms with Crippen LogP contribution in [0.25, 0.3) is 21.8 Å². The van der Waals surface area contributed by atoms with E-state index in [1.54, 1.807) is 6.92 Å². The smallest absolute Gasteiger partial charge is 0.320 e. The van der Waals surface area contributed by atoms with Gasteiger partial charge < -0.3 is 5.73 Å². The Morgan fingerprint density at radius 2 is 1.50 bits per heavy atom. The molecule has 0 spiro atoms. The molecule has 0 bridgehead atoms. The number of hydrogen-bond acceptors (Lipinski definition) is 5. The molecule has 0 fully saturated rings. The van der Waals surface area contributed by atoms with E-state index < -0.39 is 4.92 Å². The SMILES string of the molecule is Cc1ccc2c(n1)c(N)c([N+](=O)[O-])c1nc(C)ccc12. The van der Waals surface area contributed by atoms with Gasteiger partial charge in [0, 0.05) is 22.2 Å². The van der Waals surface area contributed by atoms with Crippen LogP contribution >= 0.6 is 0 Å². The number of benzene rings is 1. The zero-order valence-corrected chi connectivity index (χ0v) is 11.0. The van der Waals surface area contributed by atoms with Crippen molar-refractivity contribution < 1.29 is 4.92 Å². The largest absolute Gasteiger partial charge is 0.391 e. The summed E-state index contributed by atoms with van der Waals surface area (Å²) in [5, 5.41) is 12.8. The normalized spacial score (nSPS) is 11.1. The highest BCUT2D eigenvalue weighted by Gasteiger charge is 2.23. The minimum atomic E-state index is -0.492. The number of nitrogens with two attached hydrogens (primary N) is 1. The number of hydrogen-bond donors (Lipinski definition) is 1. The van der Waals surface area contributed by atoms with E-state index in [0.29, 0.717) is 22.1 Å². The number of nitrogen functional groups attached to an aromatic ring is 1. The first-order chi connectivity index (χ1) is 9.49. The molecule has 2 heterocycles. The molecule has 6 nitrogen and oxygen atoms in total. The molecule has 0 aliphatic rings. The van der Waals surface area contributed by atoms with Crippen LogP contribution in [0.15, 0.2) is 24.3 Å². The fourth-order valence-electron chi connectivity index (χ4n) is 2.36. The summed E-state index contributed by atoms with van der Waals surface area (Å²) in [7, 11) is 0. The van der Waals surface area contributed by atoms with Crippen molar-refractivity contribution in [3.63, 3.8) is 0 Å². The third kappa shape index (κ3) is 1.65. The van der Waals surface area contributed by atoms with Crippen molar-refractivity contribution in [1.29, 1.82) is 0 Å². The molecule has 0 saturated heterocycles. The maximum Gasteiger partial charge on any atom is 0.320 e. The van der Waals surface area contributed by atoms with Crippen molar-refractivity contribution in [2.45, 2.75) is 13.8 Å². The lowest BCUT2D eigenvalue weighted by Crippen LogP contribution is -2.01. The van der Waals surface area contributed by atoms with Gasteiger partial charge >= 0.3 is 5.69 Å². The fourth-order valence-corrected chi connectivity index (χ4v) is 2.36. The molecule has 3 aromatic rings. The molecule has 6 heteroatoms. The second-order valence-corrected chi connectivity index (χ2v) is 4.72. The standard InChI is InChI=1S/C14H12N4O2/c1-7-3-5-9-10-6-4-8(2)17-13(10)14(18(19)20)11(15)12(9)16-7/h3-6H,15H2,1-2H3. The molecule has 100 valence electrons. The molecule has 0 unspecified atom stereocenters. The fraction of sp³-hybridized carbons (Fsp3) is 0.143. The van der Waals surface area contributed by atoms with Crippen LogP contribution in [-0.2, 0) is 0 Å². The van der Waals surface area contributed by atoms with Gasteiger partial charge in [0.05, 0.1) is 4.92 Å². The first-order valence-electron chi connectivity index (χ1n) is 6.09. The van der Waals surface area contributed by atoms with Gasteiger partial charge in [0.15, 0.2) is 5.52 Å². The van der Waals surface area contributed by atoms with Crippen molar-refractivity contribution in [2.24, 2.45) is 0 Å². The second kappa shape index (κ2) is 4.12. The molecular weight excluding hydrogens is 256 g/mol. The maximum atomic E-state index is 11.3. The Bertz CT molecular complexity index is 874. The Morgan fingerprint density at radius 3 is 2.05 bits per heavy atom. The van der Waals surface area contributed by atoms with Crippen molar-refractivity contribution in [2.75, 3.05) is 5.73 Å². The Balaban J connectivity index is 2.64. The molecule has 0 radical (unpaired) electrons. The van der Waals surface area contributed by atoms with Crippen molar-refractivity contribution >= 4 is 33.2 Å². The predicted molar refractivity (Wildman–Crippen MR) is 77.6 cm³/mol. The number of pyridine rings is 2. The number of nitrogens with zero attached hydrogens (tertiary/aromatic N) is 3. The van der Waals surface area contributed by atoms with E-state index in [-0.39, 0.29) is 11.4 Å². The minimum Gasteiger partial charge on any atom is -0.391 e. The van der Waals surface area contributed by atoms with Crippen LogP contribution in [0.3, 0.4) is 0 Å². The number of rotatable bonds is 1. The van der Waals surface area contributed by atoms with Crippen molar-refractivity contribution in [3.05, 3.63) is 45.8 Å². The lowest BCUT2D eigenvalue weighted by atomic mass is 10.0. The molecule has 3 rings (SSSR count). The number of fused-ring (bicyclic) bond motifs is 3. The first-order valence-corrected chi connectivity index (χ1v) is 6.09. The number of nitro benzene ring substituents is 1. The van der Waals surface area contributed by atoms with Crippen LogP contribution in [0.1, 0.15) is 11.4 Å². The third-order valence-corrected chi connectivity index (χ3v) is 3.28. The zero-order valence-electron chi connectivity index (χ0n) is 11.0. The number of aromatic nitrogens is 2. The summed E-state index contributed by atoms with van der Waals surface area (Å²) in [5.41, 5.74) is 8.09. The van der Waals surface area contributed by atoms with E-state index >= 15 is 0 Å². The van der Waals surface area contributed by atoms with Gasteiger partial charge in [0.1, 0.15) is 11.2 Å². The van der Waals surface area contributed by atoms with Gasteiger partial charge in [-0.15, -0.1) is 0 Å². The Morgan fingerprint density at radius 1 is 1.00 bits per heavy atom. The van der Waals surface area contributed by atoms with Gasteiger partial charge in [-0.2, -0.15) is 0 Å². The Hall–Kier alpha value is -2.76. The topological polar surface area (TPSA) is 94.9 Å². The van der Waals surface area contributed by atoms with Crippen LogP contribution in [-0.4, -0.2) is 14.9 Å². The maximum absolute atomic E-state index is 11.3. The summed E-state index contributed by atoms with van der Waals surface area (Å²) >= 11 is 0. The lowest BCUT2D eigenvalue weighted by molar-refractivity contribution is -0.382. The van der Waals surface area contributed by atoms with Crippen molar-refractivity contribution in [3.8, 4) is 0 Å². The van der Waals surface area contributed by atoms with Gasteiger partial charge in [0.25, 0.3) is 0 Å².